The topological polar surface area (TPSA) is 78.9 Å². The van der Waals surface area contributed by atoms with Crippen LogP contribution in [0.15, 0.2) is 46.4 Å². The quantitative estimate of drug-likeness (QED) is 0.202. The molecule has 1 amide bonds. The number of carboxylic acids is 1. The van der Waals surface area contributed by atoms with Crippen LogP contribution in [0.25, 0.3) is 0 Å². The van der Waals surface area contributed by atoms with Crippen LogP contribution in [-0.4, -0.2) is 53.8 Å². The van der Waals surface area contributed by atoms with Crippen molar-refractivity contribution in [1.29, 1.82) is 0 Å². The highest BCUT2D eigenvalue weighted by molar-refractivity contribution is 6.17. The van der Waals surface area contributed by atoms with Gasteiger partial charge in [-0.1, -0.05) is 32.9 Å². The van der Waals surface area contributed by atoms with Gasteiger partial charge in [-0.3, -0.25) is 4.79 Å². The van der Waals surface area contributed by atoms with Crippen molar-refractivity contribution in [2.45, 2.75) is 65.8 Å². The van der Waals surface area contributed by atoms with Crippen molar-refractivity contribution >= 4 is 24.0 Å². The van der Waals surface area contributed by atoms with E-state index in [1.165, 1.54) is 13.0 Å². The van der Waals surface area contributed by atoms with E-state index in [1.54, 1.807) is 6.08 Å². The van der Waals surface area contributed by atoms with Gasteiger partial charge in [0.2, 0.25) is 6.41 Å². The van der Waals surface area contributed by atoms with Crippen LogP contribution in [0.1, 0.15) is 53.4 Å². The standard InChI is InChI=1S/C25H34ClF3N2O4/c1-16(23(33)34)8-10-24(3,4)22-21(18-6-5-7-20(12-18)35-25(27,28)29)17(2)14-31(22)19(9-11-26)13-30-15-32/h6,8,12,15,17,19H,5,7,9-11,13-14H2,1-4H3,(H,30,32)(H,33,34)/b16-8+/t17-,19?/m1/s1. The van der Waals surface area contributed by atoms with Gasteiger partial charge in [0.25, 0.3) is 0 Å². The number of nitrogens with one attached hydrogen (secondary N) is 1. The number of aliphatic carboxylic acids is 1. The van der Waals surface area contributed by atoms with Crippen molar-refractivity contribution in [2.75, 3.05) is 19.0 Å². The van der Waals surface area contributed by atoms with Crippen molar-refractivity contribution in [3.63, 3.8) is 0 Å². The number of amides is 1. The average Bonchev–Trinajstić information content (AvgIpc) is 3.11. The van der Waals surface area contributed by atoms with Crippen molar-refractivity contribution in [3.05, 3.63) is 46.4 Å². The average molecular weight is 519 g/mol. The lowest BCUT2D eigenvalue weighted by Crippen LogP contribution is -2.44. The number of alkyl halides is 4. The van der Waals surface area contributed by atoms with Crippen LogP contribution in [0.3, 0.4) is 0 Å². The maximum atomic E-state index is 12.9. The maximum absolute atomic E-state index is 12.9. The second kappa shape index (κ2) is 12.0. The first kappa shape index (κ1) is 28.8. The lowest BCUT2D eigenvalue weighted by Gasteiger charge is -2.39. The fourth-order valence-corrected chi connectivity index (χ4v) is 4.99. The van der Waals surface area contributed by atoms with Gasteiger partial charge in [-0.15, -0.1) is 24.8 Å². The molecule has 0 saturated carbocycles. The number of nitrogens with zero attached hydrogens (tertiary/aromatic N) is 1. The predicted molar refractivity (Wildman–Crippen MR) is 128 cm³/mol. The largest absolute Gasteiger partial charge is 0.572 e. The minimum Gasteiger partial charge on any atom is -0.478 e. The van der Waals surface area contributed by atoms with E-state index >= 15 is 0 Å². The number of rotatable bonds is 12. The normalized spacial score (nSPS) is 20.4. The molecule has 0 aromatic rings. The number of hydrogen-bond acceptors (Lipinski definition) is 4. The van der Waals surface area contributed by atoms with E-state index in [2.05, 4.69) is 15.0 Å². The Hall–Kier alpha value is -2.42. The lowest BCUT2D eigenvalue weighted by atomic mass is 9.79. The zero-order valence-electron chi connectivity index (χ0n) is 20.5. The molecule has 1 aliphatic carbocycles. The SMILES string of the molecule is C/C(=C\CC(C)(C)C1=C(C2=CCCC(OC(F)(F)F)=C2)[C@H](C)CN1C(CCCl)CNC=O)C(=O)O. The van der Waals surface area contributed by atoms with Crippen LogP contribution in [-0.2, 0) is 14.3 Å². The Morgan fingerprint density at radius 3 is 2.66 bits per heavy atom. The van der Waals surface area contributed by atoms with Gasteiger partial charge in [-0.25, -0.2) is 4.79 Å². The first-order chi connectivity index (χ1) is 16.3. The molecule has 0 radical (unpaired) electrons. The molecular weight excluding hydrogens is 485 g/mol. The first-order valence-electron chi connectivity index (χ1n) is 11.6. The van der Waals surface area contributed by atoms with Gasteiger partial charge in [-0.2, -0.15) is 0 Å². The molecule has 2 atom stereocenters. The van der Waals surface area contributed by atoms with E-state index in [1.807, 2.05) is 26.8 Å². The first-order valence-corrected chi connectivity index (χ1v) is 12.1. The molecule has 0 saturated heterocycles. The molecule has 2 N–H and O–H groups in total. The van der Waals surface area contributed by atoms with Gasteiger partial charge in [0.15, 0.2) is 0 Å². The molecule has 2 rings (SSSR count). The third-order valence-electron chi connectivity index (χ3n) is 6.35. The maximum Gasteiger partial charge on any atom is 0.572 e. The molecule has 6 nitrogen and oxygen atoms in total. The highest BCUT2D eigenvalue weighted by atomic mass is 35.5. The zero-order chi connectivity index (χ0) is 26.4. The van der Waals surface area contributed by atoms with Crippen LogP contribution in [0, 0.1) is 11.3 Å². The summed E-state index contributed by atoms with van der Waals surface area (Å²) in [6.45, 7) is 8.48. The molecule has 0 bridgehead atoms. The van der Waals surface area contributed by atoms with Gasteiger partial charge in [0.1, 0.15) is 5.76 Å². The van der Waals surface area contributed by atoms with Gasteiger partial charge in [-0.05, 0) is 43.4 Å². The van der Waals surface area contributed by atoms with Gasteiger partial charge >= 0.3 is 12.3 Å². The third-order valence-corrected chi connectivity index (χ3v) is 6.57. The van der Waals surface area contributed by atoms with Gasteiger partial charge in [0, 0.05) is 54.0 Å². The predicted octanol–water partition coefficient (Wildman–Crippen LogP) is 5.52. The molecular formula is C25H34ClF3N2O4. The van der Waals surface area contributed by atoms with Crippen molar-refractivity contribution < 1.29 is 32.6 Å². The number of carbonyl (C=O) groups excluding carboxylic acids is 1. The van der Waals surface area contributed by atoms with E-state index < -0.39 is 17.7 Å². The van der Waals surface area contributed by atoms with E-state index in [0.717, 1.165) is 11.3 Å². The van der Waals surface area contributed by atoms with E-state index in [0.29, 0.717) is 50.2 Å². The third kappa shape index (κ3) is 7.78. The smallest absolute Gasteiger partial charge is 0.478 e. The monoisotopic (exact) mass is 518 g/mol. The number of hydrogen-bond donors (Lipinski definition) is 2. The molecule has 35 heavy (non-hydrogen) atoms. The molecule has 0 spiro atoms. The summed E-state index contributed by atoms with van der Waals surface area (Å²) in [5.74, 6) is -0.792. The molecule has 0 fully saturated rings. The van der Waals surface area contributed by atoms with Gasteiger partial charge < -0.3 is 20.1 Å². The summed E-state index contributed by atoms with van der Waals surface area (Å²) >= 11 is 6.08. The summed E-state index contributed by atoms with van der Waals surface area (Å²) in [7, 11) is 0. The van der Waals surface area contributed by atoms with Crippen LogP contribution < -0.4 is 5.32 Å². The Morgan fingerprint density at radius 2 is 2.09 bits per heavy atom. The molecule has 1 unspecified atom stereocenters. The summed E-state index contributed by atoms with van der Waals surface area (Å²) in [6.07, 6.45) is 2.48. The second-order valence-corrected chi connectivity index (χ2v) is 9.99. The summed E-state index contributed by atoms with van der Waals surface area (Å²) in [6, 6.07) is -0.129. The second-order valence-electron chi connectivity index (χ2n) is 9.61. The molecule has 1 heterocycles. The Kier molecular flexibility index (Phi) is 9.89. The van der Waals surface area contributed by atoms with Gasteiger partial charge in [0.05, 0.1) is 0 Å². The Bertz CT molecular complexity index is 922. The van der Waals surface area contributed by atoms with E-state index in [4.69, 9.17) is 11.6 Å². The van der Waals surface area contributed by atoms with Crippen LogP contribution >= 0.6 is 11.6 Å². The minimum atomic E-state index is -4.76. The summed E-state index contributed by atoms with van der Waals surface area (Å²) < 4.78 is 42.9. The highest BCUT2D eigenvalue weighted by Crippen LogP contribution is 2.47. The lowest BCUT2D eigenvalue weighted by molar-refractivity contribution is -0.306. The molecule has 0 aromatic carbocycles. The molecule has 10 heteroatoms. The Balaban J connectivity index is 2.62. The fourth-order valence-electron chi connectivity index (χ4n) is 4.73. The van der Waals surface area contributed by atoms with Crippen LogP contribution in [0.5, 0.6) is 0 Å². The fraction of sp³-hybridized carbons (Fsp3) is 0.600. The molecule has 196 valence electrons. The summed E-state index contributed by atoms with van der Waals surface area (Å²) in [4.78, 5) is 24.5. The zero-order valence-corrected chi connectivity index (χ0v) is 21.3. The summed E-state index contributed by atoms with van der Waals surface area (Å²) in [5.41, 5.74) is 2.17. The molecule has 0 aromatic heterocycles. The van der Waals surface area contributed by atoms with E-state index in [9.17, 15) is 27.9 Å². The van der Waals surface area contributed by atoms with Crippen molar-refractivity contribution in [3.8, 4) is 0 Å². The number of halogens is 4. The summed E-state index contributed by atoms with van der Waals surface area (Å²) in [5, 5.41) is 12.0. The van der Waals surface area contributed by atoms with Crippen LogP contribution in [0.2, 0.25) is 0 Å². The molecule has 2 aliphatic rings. The molecule has 1 aliphatic heterocycles. The Morgan fingerprint density at radius 1 is 1.40 bits per heavy atom. The van der Waals surface area contributed by atoms with E-state index in [-0.39, 0.29) is 29.7 Å². The number of allylic oxidation sites excluding steroid dienone is 6. The van der Waals surface area contributed by atoms with Crippen molar-refractivity contribution in [1.82, 2.24) is 10.2 Å². The number of carbonyl (C=O) groups is 2. The number of carboxylic acid groups (broad SMARTS) is 1. The highest BCUT2D eigenvalue weighted by Gasteiger charge is 2.41. The minimum absolute atomic E-state index is 0.0179. The Labute approximate surface area is 209 Å². The number of ether oxygens (including phenoxy) is 1. The van der Waals surface area contributed by atoms with Crippen molar-refractivity contribution in [2.24, 2.45) is 11.3 Å². The van der Waals surface area contributed by atoms with Crippen LogP contribution in [0.4, 0.5) is 13.2 Å².